The number of fused-ring (bicyclic) bond motifs is 7. The van der Waals surface area contributed by atoms with Gasteiger partial charge in [0, 0.05) is 27.9 Å². The Morgan fingerprint density at radius 2 is 0.857 bits per heavy atom. The minimum Gasteiger partial charge on any atom is -0.310 e. The van der Waals surface area contributed by atoms with Gasteiger partial charge in [-0.25, -0.2) is 0 Å². The van der Waals surface area contributed by atoms with E-state index in [0.717, 1.165) is 0 Å². The molecular formula is C48H49N. The largest absolute Gasteiger partial charge is 0.310 e. The standard InChI is InChI=1S/C48H49N/c1-45(2,3)39-21-15-18-35-38(39)26-32(29-42(35)46(4,5)6)49(30-22-24-36-33-16-11-13-19-40(33)47(7,8)43(36)27-30)31-23-25-37-34-17-12-14-20-41(34)48(9,10)44(37)28-31/h11-29H,1-10H3. The molecule has 0 unspecified atom stereocenters. The Hall–Kier alpha value is -4.62. The van der Waals surface area contributed by atoms with E-state index in [9.17, 15) is 0 Å². The summed E-state index contributed by atoms with van der Waals surface area (Å²) >= 11 is 0. The second-order valence-electron chi connectivity index (χ2n) is 17.5. The van der Waals surface area contributed by atoms with E-state index in [1.54, 1.807) is 0 Å². The second-order valence-corrected chi connectivity index (χ2v) is 17.5. The molecule has 2 aliphatic rings. The highest BCUT2D eigenvalue weighted by Gasteiger charge is 2.38. The van der Waals surface area contributed by atoms with Crippen molar-refractivity contribution in [1.29, 1.82) is 0 Å². The van der Waals surface area contributed by atoms with Gasteiger partial charge in [-0.15, -0.1) is 0 Å². The van der Waals surface area contributed by atoms with E-state index in [4.69, 9.17) is 0 Å². The molecule has 0 bridgehead atoms. The van der Waals surface area contributed by atoms with Gasteiger partial charge in [0.15, 0.2) is 0 Å². The van der Waals surface area contributed by atoms with Crippen LogP contribution in [-0.2, 0) is 21.7 Å². The van der Waals surface area contributed by atoms with Crippen LogP contribution in [0.3, 0.4) is 0 Å². The van der Waals surface area contributed by atoms with Crippen molar-refractivity contribution in [2.45, 2.75) is 90.9 Å². The zero-order chi connectivity index (χ0) is 34.7. The van der Waals surface area contributed by atoms with Gasteiger partial charge in [0.25, 0.3) is 0 Å². The molecule has 1 nitrogen and oxygen atoms in total. The topological polar surface area (TPSA) is 3.24 Å². The Morgan fingerprint density at radius 1 is 0.388 bits per heavy atom. The van der Waals surface area contributed by atoms with Crippen LogP contribution in [0.25, 0.3) is 33.0 Å². The lowest BCUT2D eigenvalue weighted by molar-refractivity contribution is 0.591. The number of hydrogen-bond acceptors (Lipinski definition) is 1. The maximum absolute atomic E-state index is 2.53. The average Bonchev–Trinajstić information content (AvgIpc) is 3.43. The van der Waals surface area contributed by atoms with Crippen LogP contribution in [0.15, 0.2) is 115 Å². The summed E-state index contributed by atoms with van der Waals surface area (Å²) in [4.78, 5) is 2.53. The van der Waals surface area contributed by atoms with Crippen molar-refractivity contribution in [1.82, 2.24) is 0 Å². The minimum atomic E-state index is -0.0888. The lowest BCUT2D eigenvalue weighted by atomic mass is 9.78. The third kappa shape index (κ3) is 4.73. The molecule has 0 heterocycles. The van der Waals surface area contributed by atoms with E-state index in [-0.39, 0.29) is 21.7 Å². The first kappa shape index (κ1) is 31.6. The molecule has 0 radical (unpaired) electrons. The molecule has 6 aromatic carbocycles. The van der Waals surface area contributed by atoms with Crippen LogP contribution >= 0.6 is 0 Å². The molecule has 0 amide bonds. The molecule has 0 fully saturated rings. The van der Waals surface area contributed by atoms with Crippen LogP contribution in [0.5, 0.6) is 0 Å². The van der Waals surface area contributed by atoms with E-state index < -0.39 is 0 Å². The first-order chi connectivity index (χ1) is 23.1. The van der Waals surface area contributed by atoms with E-state index in [1.807, 2.05) is 0 Å². The van der Waals surface area contributed by atoms with Crippen LogP contribution in [0.2, 0.25) is 0 Å². The van der Waals surface area contributed by atoms with Crippen molar-refractivity contribution in [2.75, 3.05) is 4.90 Å². The first-order valence-electron chi connectivity index (χ1n) is 18.0. The summed E-state index contributed by atoms with van der Waals surface area (Å²) in [5.74, 6) is 0. The van der Waals surface area contributed by atoms with Crippen LogP contribution in [-0.4, -0.2) is 0 Å². The van der Waals surface area contributed by atoms with E-state index in [0.29, 0.717) is 0 Å². The van der Waals surface area contributed by atoms with Crippen molar-refractivity contribution < 1.29 is 0 Å². The number of nitrogens with zero attached hydrogens (tertiary/aromatic N) is 1. The molecule has 8 rings (SSSR count). The minimum absolute atomic E-state index is 0.00482. The predicted octanol–water partition coefficient (Wildman–Crippen LogP) is 13.5. The summed E-state index contributed by atoms with van der Waals surface area (Å²) in [5, 5.41) is 2.69. The fourth-order valence-corrected chi connectivity index (χ4v) is 8.88. The highest BCUT2D eigenvalue weighted by molar-refractivity contribution is 5.96. The second kappa shape index (κ2) is 10.4. The summed E-state index contributed by atoms with van der Waals surface area (Å²) in [6, 6.07) is 44.1. The van der Waals surface area contributed by atoms with Crippen molar-refractivity contribution in [2.24, 2.45) is 0 Å². The Balaban J connectivity index is 1.42. The molecule has 0 atom stereocenters. The average molecular weight is 640 g/mol. The number of anilines is 3. The molecule has 0 aliphatic heterocycles. The molecule has 49 heavy (non-hydrogen) atoms. The fourth-order valence-electron chi connectivity index (χ4n) is 8.88. The fraction of sp³-hybridized carbons (Fsp3) is 0.292. The van der Waals surface area contributed by atoms with Crippen molar-refractivity contribution >= 4 is 27.8 Å². The molecule has 1 heteroatoms. The van der Waals surface area contributed by atoms with Crippen LogP contribution in [0.4, 0.5) is 17.1 Å². The first-order valence-corrected chi connectivity index (χ1v) is 18.0. The van der Waals surface area contributed by atoms with Gasteiger partial charge < -0.3 is 4.90 Å². The van der Waals surface area contributed by atoms with Gasteiger partial charge in [0.05, 0.1) is 0 Å². The zero-order valence-corrected chi connectivity index (χ0v) is 30.9. The Bertz CT molecular complexity index is 2190. The van der Waals surface area contributed by atoms with Gasteiger partial charge in [-0.05, 0) is 114 Å². The van der Waals surface area contributed by atoms with Crippen molar-refractivity contribution in [3.05, 3.63) is 149 Å². The maximum atomic E-state index is 2.53. The molecule has 0 saturated carbocycles. The van der Waals surface area contributed by atoms with E-state index in [2.05, 4.69) is 189 Å². The SMILES string of the molecule is CC(C)(C)c1cc(N(c2ccc3c(c2)C(C)(C)c2ccccc2-3)c2ccc3c(c2)C(C)(C)c2ccccc2-3)cc2c(C(C)(C)C)cccc12. The van der Waals surface area contributed by atoms with Crippen molar-refractivity contribution in [3.63, 3.8) is 0 Å². The summed E-state index contributed by atoms with van der Waals surface area (Å²) in [5.41, 5.74) is 17.1. The molecule has 246 valence electrons. The maximum Gasteiger partial charge on any atom is 0.0471 e. The lowest BCUT2D eigenvalue weighted by Crippen LogP contribution is -2.19. The van der Waals surface area contributed by atoms with Gasteiger partial charge in [-0.2, -0.15) is 0 Å². The Labute approximate surface area is 293 Å². The van der Waals surface area contributed by atoms with E-state index >= 15 is 0 Å². The smallest absolute Gasteiger partial charge is 0.0471 e. The number of hydrogen-bond donors (Lipinski definition) is 0. The highest BCUT2D eigenvalue weighted by Crippen LogP contribution is 2.53. The summed E-state index contributed by atoms with van der Waals surface area (Å²) in [6.07, 6.45) is 0. The summed E-state index contributed by atoms with van der Waals surface area (Å²) in [6.45, 7) is 23.6. The van der Waals surface area contributed by atoms with Gasteiger partial charge >= 0.3 is 0 Å². The molecule has 0 N–H and O–H groups in total. The lowest BCUT2D eigenvalue weighted by Gasteiger charge is -2.32. The molecule has 0 spiro atoms. The molecule has 2 aliphatic carbocycles. The predicted molar refractivity (Wildman–Crippen MR) is 211 cm³/mol. The van der Waals surface area contributed by atoms with E-state index in [1.165, 1.54) is 83.5 Å². The molecular weight excluding hydrogens is 591 g/mol. The molecule has 0 saturated heterocycles. The third-order valence-corrected chi connectivity index (χ3v) is 11.5. The highest BCUT2D eigenvalue weighted by atomic mass is 15.1. The van der Waals surface area contributed by atoms with Gasteiger partial charge in [0.2, 0.25) is 0 Å². The molecule has 6 aromatic rings. The van der Waals surface area contributed by atoms with Crippen molar-refractivity contribution in [3.8, 4) is 22.3 Å². The molecule has 0 aromatic heterocycles. The van der Waals surface area contributed by atoms with Gasteiger partial charge in [0.1, 0.15) is 0 Å². The number of rotatable bonds is 3. The van der Waals surface area contributed by atoms with Gasteiger partial charge in [-0.1, -0.05) is 148 Å². The van der Waals surface area contributed by atoms with Gasteiger partial charge in [-0.3, -0.25) is 0 Å². The zero-order valence-electron chi connectivity index (χ0n) is 30.9. The summed E-state index contributed by atoms with van der Waals surface area (Å²) in [7, 11) is 0. The summed E-state index contributed by atoms with van der Waals surface area (Å²) < 4.78 is 0. The Kier molecular flexibility index (Phi) is 6.74. The Morgan fingerprint density at radius 3 is 1.35 bits per heavy atom. The number of benzene rings is 6. The van der Waals surface area contributed by atoms with Crippen LogP contribution in [0.1, 0.15) is 103 Å². The third-order valence-electron chi connectivity index (χ3n) is 11.5. The van der Waals surface area contributed by atoms with Crippen LogP contribution < -0.4 is 4.90 Å². The quantitative estimate of drug-likeness (QED) is 0.186. The normalized spacial score (nSPS) is 15.5. The van der Waals surface area contributed by atoms with Crippen LogP contribution in [0, 0.1) is 0 Å². The monoisotopic (exact) mass is 639 g/mol.